The Bertz CT molecular complexity index is 595. The maximum atomic E-state index is 12.3. The van der Waals surface area contributed by atoms with Gasteiger partial charge < -0.3 is 15.6 Å². The summed E-state index contributed by atoms with van der Waals surface area (Å²) >= 11 is 0. The van der Waals surface area contributed by atoms with Crippen molar-refractivity contribution < 1.29 is 23.1 Å². The summed E-state index contributed by atoms with van der Waals surface area (Å²) in [6.07, 6.45) is 0.224. The molecule has 0 aliphatic rings. The summed E-state index contributed by atoms with van der Waals surface area (Å²) in [5.74, 6) is -0.687. The molecule has 0 aliphatic heterocycles. The normalized spacial score (nSPS) is 13.1. The van der Waals surface area contributed by atoms with Gasteiger partial charge in [0.2, 0.25) is 15.9 Å². The zero-order chi connectivity index (χ0) is 16.0. The van der Waals surface area contributed by atoms with E-state index in [9.17, 15) is 13.2 Å². The van der Waals surface area contributed by atoms with E-state index in [1.807, 2.05) is 0 Å². The molecule has 0 aromatic heterocycles. The topological polar surface area (TPSA) is 119 Å². The van der Waals surface area contributed by atoms with Crippen molar-refractivity contribution in [2.24, 2.45) is 5.73 Å². The van der Waals surface area contributed by atoms with Crippen molar-refractivity contribution in [3.8, 4) is 0 Å². The van der Waals surface area contributed by atoms with E-state index in [0.717, 1.165) is 0 Å². The Balaban J connectivity index is 3.07. The summed E-state index contributed by atoms with van der Waals surface area (Å²) in [6, 6.07) is 3.60. The van der Waals surface area contributed by atoms with Crippen molar-refractivity contribution in [1.82, 2.24) is 4.72 Å². The van der Waals surface area contributed by atoms with Crippen molar-refractivity contribution in [3.63, 3.8) is 0 Å². The van der Waals surface area contributed by atoms with E-state index in [4.69, 9.17) is 15.6 Å². The van der Waals surface area contributed by atoms with Crippen LogP contribution in [0.1, 0.15) is 22.3 Å². The van der Waals surface area contributed by atoms with Crippen molar-refractivity contribution in [3.05, 3.63) is 29.3 Å². The Morgan fingerprint density at radius 3 is 2.67 bits per heavy atom. The Labute approximate surface area is 124 Å². The standard InChI is InChI=1S/C13H20N2O5S/c1-9-3-4-11(7-12(9)13(14)17)21(18,19)15-10(5-6-16)8-20-2/h3-4,7,10,15-16H,5-6,8H2,1-2H3,(H2,14,17). The van der Waals surface area contributed by atoms with Gasteiger partial charge in [-0.1, -0.05) is 6.07 Å². The minimum absolute atomic E-state index is 0.0547. The number of amides is 1. The summed E-state index contributed by atoms with van der Waals surface area (Å²) in [5.41, 5.74) is 5.97. The fourth-order valence-electron chi connectivity index (χ4n) is 1.85. The van der Waals surface area contributed by atoms with Gasteiger partial charge in [0.25, 0.3) is 0 Å². The Hall–Kier alpha value is -1.48. The molecule has 0 fully saturated rings. The number of carbonyl (C=O) groups is 1. The van der Waals surface area contributed by atoms with Crippen LogP contribution in [-0.4, -0.2) is 45.8 Å². The van der Waals surface area contributed by atoms with E-state index >= 15 is 0 Å². The summed E-state index contributed by atoms with van der Waals surface area (Å²) in [5, 5.41) is 8.93. The Morgan fingerprint density at radius 1 is 1.48 bits per heavy atom. The third-order valence-corrected chi connectivity index (χ3v) is 4.47. The predicted molar refractivity (Wildman–Crippen MR) is 77.4 cm³/mol. The lowest BCUT2D eigenvalue weighted by Gasteiger charge is -2.17. The molecule has 8 heteroatoms. The molecule has 0 aliphatic carbocycles. The van der Waals surface area contributed by atoms with Crippen LogP contribution in [0, 0.1) is 6.92 Å². The van der Waals surface area contributed by atoms with Gasteiger partial charge in [0.1, 0.15) is 0 Å². The SMILES string of the molecule is COCC(CCO)NS(=O)(=O)c1ccc(C)c(C(N)=O)c1. The first-order chi connectivity index (χ1) is 9.81. The number of primary amides is 1. The van der Waals surface area contributed by atoms with Crippen LogP contribution in [-0.2, 0) is 14.8 Å². The number of rotatable bonds is 8. The number of hydrogen-bond acceptors (Lipinski definition) is 5. The van der Waals surface area contributed by atoms with Crippen molar-refractivity contribution in [2.45, 2.75) is 24.3 Å². The third-order valence-electron chi connectivity index (χ3n) is 2.95. The predicted octanol–water partition coefficient (Wildman–Crippen LogP) is -0.230. The summed E-state index contributed by atoms with van der Waals surface area (Å²) in [4.78, 5) is 11.2. The molecule has 1 aromatic carbocycles. The molecular weight excluding hydrogens is 296 g/mol. The van der Waals surface area contributed by atoms with Crippen molar-refractivity contribution >= 4 is 15.9 Å². The maximum absolute atomic E-state index is 12.3. The fourth-order valence-corrected chi connectivity index (χ4v) is 3.14. The number of ether oxygens (including phenoxy) is 1. The van der Waals surface area contributed by atoms with E-state index in [0.29, 0.717) is 5.56 Å². The highest BCUT2D eigenvalue weighted by Gasteiger charge is 2.21. The van der Waals surface area contributed by atoms with E-state index < -0.39 is 22.0 Å². The quantitative estimate of drug-likeness (QED) is 0.612. The van der Waals surface area contributed by atoms with Crippen LogP contribution < -0.4 is 10.5 Å². The lowest BCUT2D eigenvalue weighted by atomic mass is 10.1. The minimum Gasteiger partial charge on any atom is -0.396 e. The van der Waals surface area contributed by atoms with Gasteiger partial charge in [0.05, 0.1) is 11.5 Å². The number of sulfonamides is 1. The van der Waals surface area contributed by atoms with Gasteiger partial charge in [-0.15, -0.1) is 0 Å². The molecule has 0 saturated carbocycles. The Kier molecular flexibility index (Phi) is 6.28. The molecule has 1 aromatic rings. The van der Waals surface area contributed by atoms with E-state index in [1.165, 1.54) is 25.3 Å². The molecule has 1 atom stereocenters. The molecule has 0 bridgehead atoms. The molecule has 0 radical (unpaired) electrons. The van der Waals surface area contributed by atoms with E-state index in [2.05, 4.69) is 4.72 Å². The van der Waals surface area contributed by atoms with Crippen LogP contribution >= 0.6 is 0 Å². The molecule has 7 nitrogen and oxygen atoms in total. The second-order valence-electron chi connectivity index (χ2n) is 4.63. The Morgan fingerprint density at radius 2 is 2.14 bits per heavy atom. The number of hydrogen-bond donors (Lipinski definition) is 3. The van der Waals surface area contributed by atoms with Gasteiger partial charge in [0.15, 0.2) is 0 Å². The second-order valence-corrected chi connectivity index (χ2v) is 6.34. The first-order valence-electron chi connectivity index (χ1n) is 6.34. The van der Waals surface area contributed by atoms with Gasteiger partial charge in [0, 0.05) is 25.3 Å². The zero-order valence-electron chi connectivity index (χ0n) is 12.0. The zero-order valence-corrected chi connectivity index (χ0v) is 12.8. The van der Waals surface area contributed by atoms with Crippen LogP contribution in [0.3, 0.4) is 0 Å². The number of aryl methyl sites for hydroxylation is 1. The summed E-state index contributed by atoms with van der Waals surface area (Å²) in [7, 11) is -2.39. The molecule has 21 heavy (non-hydrogen) atoms. The van der Waals surface area contributed by atoms with Crippen molar-refractivity contribution in [2.75, 3.05) is 20.3 Å². The number of nitrogens with one attached hydrogen (secondary N) is 1. The highest BCUT2D eigenvalue weighted by molar-refractivity contribution is 7.89. The van der Waals surface area contributed by atoms with E-state index in [1.54, 1.807) is 6.92 Å². The number of nitrogens with two attached hydrogens (primary N) is 1. The van der Waals surface area contributed by atoms with Gasteiger partial charge in [-0.3, -0.25) is 4.79 Å². The maximum Gasteiger partial charge on any atom is 0.249 e. The first kappa shape index (κ1) is 17.6. The lowest BCUT2D eigenvalue weighted by molar-refractivity contribution is 0.0999. The van der Waals surface area contributed by atoms with Gasteiger partial charge in [-0.25, -0.2) is 13.1 Å². The molecule has 4 N–H and O–H groups in total. The smallest absolute Gasteiger partial charge is 0.249 e. The molecular formula is C13H20N2O5S. The minimum atomic E-state index is -3.83. The van der Waals surface area contributed by atoms with Gasteiger partial charge in [-0.2, -0.15) is 0 Å². The molecule has 1 rings (SSSR count). The monoisotopic (exact) mass is 316 g/mol. The average molecular weight is 316 g/mol. The van der Waals surface area contributed by atoms with Crippen LogP contribution in [0.15, 0.2) is 23.1 Å². The highest BCUT2D eigenvalue weighted by atomic mass is 32.2. The molecule has 0 spiro atoms. The fraction of sp³-hybridized carbons (Fsp3) is 0.462. The third kappa shape index (κ3) is 4.78. The summed E-state index contributed by atoms with van der Waals surface area (Å²) in [6.45, 7) is 1.63. The average Bonchev–Trinajstić information content (AvgIpc) is 2.38. The van der Waals surface area contributed by atoms with Gasteiger partial charge >= 0.3 is 0 Å². The molecule has 1 amide bonds. The molecule has 0 heterocycles. The van der Waals surface area contributed by atoms with Crippen LogP contribution in [0.4, 0.5) is 0 Å². The number of aliphatic hydroxyl groups excluding tert-OH is 1. The van der Waals surface area contributed by atoms with Gasteiger partial charge in [-0.05, 0) is 31.0 Å². The molecule has 1 unspecified atom stereocenters. The van der Waals surface area contributed by atoms with Crippen LogP contribution in [0.25, 0.3) is 0 Å². The largest absolute Gasteiger partial charge is 0.396 e. The number of benzene rings is 1. The second kappa shape index (κ2) is 7.51. The van der Waals surface area contributed by atoms with E-state index in [-0.39, 0.29) is 30.1 Å². The first-order valence-corrected chi connectivity index (χ1v) is 7.82. The number of methoxy groups -OCH3 is 1. The molecule has 118 valence electrons. The summed E-state index contributed by atoms with van der Waals surface area (Å²) < 4.78 is 31.9. The van der Waals surface area contributed by atoms with Crippen LogP contribution in [0.2, 0.25) is 0 Å². The number of carbonyl (C=O) groups excluding carboxylic acids is 1. The molecule has 0 saturated heterocycles. The lowest BCUT2D eigenvalue weighted by Crippen LogP contribution is -2.38. The van der Waals surface area contributed by atoms with Crippen LogP contribution in [0.5, 0.6) is 0 Å². The highest BCUT2D eigenvalue weighted by Crippen LogP contribution is 2.16. The number of aliphatic hydroxyl groups is 1. The van der Waals surface area contributed by atoms with Crippen molar-refractivity contribution in [1.29, 1.82) is 0 Å².